The zero-order valence-electron chi connectivity index (χ0n) is 14.7. The van der Waals surface area contributed by atoms with Crippen LogP contribution in [0.3, 0.4) is 0 Å². The second-order valence-corrected chi connectivity index (χ2v) is 7.46. The summed E-state index contributed by atoms with van der Waals surface area (Å²) in [4.78, 5) is 4.40. The summed E-state index contributed by atoms with van der Waals surface area (Å²) in [6, 6.07) is 12.2. The second-order valence-electron chi connectivity index (χ2n) is 6.71. The molecule has 2 aromatic heterocycles. The van der Waals surface area contributed by atoms with E-state index in [1.54, 1.807) is 18.5 Å². The lowest BCUT2D eigenvalue weighted by Gasteiger charge is -2.11. The van der Waals surface area contributed by atoms with Crippen molar-refractivity contribution in [2.75, 3.05) is 0 Å². The maximum Gasteiger partial charge on any atom is 0.128 e. The van der Waals surface area contributed by atoms with Crippen LogP contribution in [0.4, 0.5) is 4.39 Å². The Bertz CT molecular complexity index is 1180. The molecule has 0 unspecified atom stereocenters. The SMILES string of the molecule is OCc1ccc2c(c1)-n1nnc(Cc3ccc(F)cc3)c1Cc1c(Br)ncn1-2. The van der Waals surface area contributed by atoms with Crippen LogP contribution in [-0.4, -0.2) is 29.7 Å². The van der Waals surface area contributed by atoms with E-state index in [0.29, 0.717) is 12.8 Å². The van der Waals surface area contributed by atoms with Gasteiger partial charge in [0.2, 0.25) is 0 Å². The van der Waals surface area contributed by atoms with E-state index in [0.717, 1.165) is 44.2 Å². The zero-order valence-corrected chi connectivity index (χ0v) is 16.3. The Balaban J connectivity index is 1.68. The summed E-state index contributed by atoms with van der Waals surface area (Å²) in [5.41, 5.74) is 6.28. The molecule has 0 aliphatic carbocycles. The maximum absolute atomic E-state index is 13.2. The number of benzene rings is 2. The minimum absolute atomic E-state index is 0.0553. The summed E-state index contributed by atoms with van der Waals surface area (Å²) in [5, 5.41) is 18.4. The van der Waals surface area contributed by atoms with Crippen molar-refractivity contribution in [3.8, 4) is 11.4 Å². The van der Waals surface area contributed by atoms with E-state index in [4.69, 9.17) is 0 Å². The van der Waals surface area contributed by atoms with Crippen LogP contribution in [0.15, 0.2) is 53.4 Å². The smallest absolute Gasteiger partial charge is 0.128 e. The molecule has 0 saturated carbocycles. The Morgan fingerprint density at radius 1 is 1.04 bits per heavy atom. The lowest BCUT2D eigenvalue weighted by atomic mass is 10.1. The quantitative estimate of drug-likeness (QED) is 0.468. The molecule has 6 nitrogen and oxygen atoms in total. The van der Waals surface area contributed by atoms with Crippen molar-refractivity contribution in [1.29, 1.82) is 0 Å². The lowest BCUT2D eigenvalue weighted by Crippen LogP contribution is -2.05. The standard InChI is InChI=1S/C20H15BrFN5O/c21-20-19-9-17-15(7-12-1-4-14(22)5-2-12)24-25-27(17)18-8-13(10-28)3-6-16(18)26(19)11-23-20/h1-6,8,11,28H,7,9-10H2. The largest absolute Gasteiger partial charge is 0.392 e. The van der Waals surface area contributed by atoms with Gasteiger partial charge in [0, 0.05) is 12.8 Å². The van der Waals surface area contributed by atoms with Crippen LogP contribution in [0.2, 0.25) is 0 Å². The molecule has 4 aromatic rings. The number of aliphatic hydroxyl groups excluding tert-OH is 1. The first-order chi connectivity index (χ1) is 13.6. The van der Waals surface area contributed by atoms with E-state index in [1.165, 1.54) is 12.1 Å². The molecular formula is C20H15BrFN5O. The third-order valence-electron chi connectivity index (χ3n) is 4.99. The van der Waals surface area contributed by atoms with Crippen molar-refractivity contribution in [3.63, 3.8) is 0 Å². The molecule has 140 valence electrons. The zero-order chi connectivity index (χ0) is 19.3. The number of hydrogen-bond acceptors (Lipinski definition) is 4. The highest BCUT2D eigenvalue weighted by Crippen LogP contribution is 2.32. The Kier molecular flexibility index (Phi) is 4.10. The molecule has 0 fully saturated rings. The molecule has 28 heavy (non-hydrogen) atoms. The summed E-state index contributed by atoms with van der Waals surface area (Å²) in [6.45, 7) is -0.0553. The first kappa shape index (κ1) is 17.3. The minimum Gasteiger partial charge on any atom is -0.392 e. The molecular weight excluding hydrogens is 425 g/mol. The fraction of sp³-hybridized carbons (Fsp3) is 0.150. The summed E-state index contributed by atoms with van der Waals surface area (Å²) >= 11 is 3.54. The van der Waals surface area contributed by atoms with Gasteiger partial charge in [-0.3, -0.25) is 4.57 Å². The summed E-state index contributed by atoms with van der Waals surface area (Å²) in [7, 11) is 0. The van der Waals surface area contributed by atoms with Gasteiger partial charge in [-0.2, -0.15) is 0 Å². The van der Waals surface area contributed by atoms with Gasteiger partial charge in [0.05, 0.1) is 35.1 Å². The predicted octanol–water partition coefficient (Wildman–Crippen LogP) is 3.34. The van der Waals surface area contributed by atoms with Gasteiger partial charge in [0.25, 0.3) is 0 Å². The summed E-state index contributed by atoms with van der Waals surface area (Å²) < 4.78 is 17.9. The highest BCUT2D eigenvalue weighted by Gasteiger charge is 2.25. The summed E-state index contributed by atoms with van der Waals surface area (Å²) in [6.07, 6.45) is 2.92. The van der Waals surface area contributed by atoms with Gasteiger partial charge in [0.1, 0.15) is 16.7 Å². The highest BCUT2D eigenvalue weighted by molar-refractivity contribution is 9.10. The van der Waals surface area contributed by atoms with Gasteiger partial charge in [-0.25, -0.2) is 14.1 Å². The van der Waals surface area contributed by atoms with Crippen molar-refractivity contribution >= 4 is 15.9 Å². The van der Waals surface area contributed by atoms with Crippen LogP contribution < -0.4 is 0 Å². The van der Waals surface area contributed by atoms with Crippen molar-refractivity contribution in [3.05, 3.63) is 87.4 Å². The minimum atomic E-state index is -0.260. The first-order valence-electron chi connectivity index (χ1n) is 8.78. The van der Waals surface area contributed by atoms with Gasteiger partial charge in [0.15, 0.2) is 0 Å². The van der Waals surface area contributed by atoms with E-state index < -0.39 is 0 Å². The molecule has 0 atom stereocenters. The normalized spacial score (nSPS) is 12.2. The monoisotopic (exact) mass is 439 g/mol. The Morgan fingerprint density at radius 3 is 2.61 bits per heavy atom. The van der Waals surface area contributed by atoms with E-state index in [-0.39, 0.29) is 12.4 Å². The van der Waals surface area contributed by atoms with E-state index >= 15 is 0 Å². The molecule has 0 bridgehead atoms. The number of rotatable bonds is 3. The van der Waals surface area contributed by atoms with Crippen molar-refractivity contribution in [1.82, 2.24) is 24.5 Å². The number of fused-ring (bicyclic) bond motifs is 5. The van der Waals surface area contributed by atoms with Gasteiger partial charge >= 0.3 is 0 Å². The van der Waals surface area contributed by atoms with Gasteiger partial charge in [-0.1, -0.05) is 23.4 Å². The van der Waals surface area contributed by atoms with E-state index in [1.807, 2.05) is 27.4 Å². The topological polar surface area (TPSA) is 68.8 Å². The molecule has 0 radical (unpaired) electrons. The number of hydrogen-bond donors (Lipinski definition) is 1. The molecule has 8 heteroatoms. The van der Waals surface area contributed by atoms with Crippen LogP contribution in [0.25, 0.3) is 11.4 Å². The molecule has 3 heterocycles. The van der Waals surface area contributed by atoms with Crippen molar-refractivity contribution in [2.24, 2.45) is 0 Å². The van der Waals surface area contributed by atoms with Crippen LogP contribution in [-0.2, 0) is 19.4 Å². The van der Waals surface area contributed by atoms with E-state index in [2.05, 4.69) is 31.2 Å². The molecule has 5 rings (SSSR count). The average Bonchev–Trinajstić information content (AvgIpc) is 3.23. The van der Waals surface area contributed by atoms with Crippen LogP contribution >= 0.6 is 15.9 Å². The highest BCUT2D eigenvalue weighted by atomic mass is 79.9. The maximum atomic E-state index is 13.2. The lowest BCUT2D eigenvalue weighted by molar-refractivity contribution is 0.282. The first-order valence-corrected chi connectivity index (χ1v) is 9.57. The Morgan fingerprint density at radius 2 is 1.82 bits per heavy atom. The predicted molar refractivity (Wildman–Crippen MR) is 104 cm³/mol. The third kappa shape index (κ3) is 2.76. The third-order valence-corrected chi connectivity index (χ3v) is 5.65. The number of halogens is 2. The molecule has 1 aliphatic heterocycles. The molecule has 0 spiro atoms. The molecule has 0 amide bonds. The average molecular weight is 440 g/mol. The van der Waals surface area contributed by atoms with Crippen molar-refractivity contribution < 1.29 is 9.50 Å². The molecule has 0 saturated heterocycles. The Hall–Kier alpha value is -2.84. The van der Waals surface area contributed by atoms with Gasteiger partial charge in [-0.05, 0) is 51.3 Å². The molecule has 2 aromatic carbocycles. The fourth-order valence-electron chi connectivity index (χ4n) is 3.55. The van der Waals surface area contributed by atoms with Crippen LogP contribution in [0.1, 0.15) is 28.2 Å². The molecule has 1 aliphatic rings. The van der Waals surface area contributed by atoms with Crippen LogP contribution in [0, 0.1) is 5.82 Å². The van der Waals surface area contributed by atoms with E-state index in [9.17, 15) is 9.50 Å². The number of aromatic nitrogens is 5. The fourth-order valence-corrected chi connectivity index (χ4v) is 3.98. The second kappa shape index (κ2) is 6.65. The number of nitrogens with zero attached hydrogens (tertiary/aromatic N) is 5. The number of aliphatic hydroxyl groups is 1. The Labute approximate surface area is 168 Å². The van der Waals surface area contributed by atoms with Crippen LogP contribution in [0.5, 0.6) is 0 Å². The number of imidazole rings is 1. The van der Waals surface area contributed by atoms with Gasteiger partial charge < -0.3 is 5.11 Å². The van der Waals surface area contributed by atoms with Gasteiger partial charge in [-0.15, -0.1) is 5.10 Å². The summed E-state index contributed by atoms with van der Waals surface area (Å²) in [5.74, 6) is -0.260. The molecule has 1 N–H and O–H groups in total. The van der Waals surface area contributed by atoms with Crippen molar-refractivity contribution in [2.45, 2.75) is 19.4 Å².